The molecule has 0 aliphatic heterocycles. The first-order valence-electron chi connectivity index (χ1n) is 9.75. The van der Waals surface area contributed by atoms with Gasteiger partial charge in [-0.15, -0.1) is 11.3 Å². The van der Waals surface area contributed by atoms with Crippen LogP contribution in [0.25, 0.3) is 15.9 Å². The van der Waals surface area contributed by atoms with Gasteiger partial charge in [-0.1, -0.05) is 36.9 Å². The van der Waals surface area contributed by atoms with Gasteiger partial charge in [-0.25, -0.2) is 9.78 Å². The lowest BCUT2D eigenvalue weighted by Crippen LogP contribution is -2.38. The van der Waals surface area contributed by atoms with Crippen LogP contribution in [0.3, 0.4) is 0 Å². The van der Waals surface area contributed by atoms with Crippen LogP contribution in [-0.4, -0.2) is 34.3 Å². The largest absolute Gasteiger partial charge is 0.341 e. The third kappa shape index (κ3) is 3.99. The molecule has 3 aromatic rings. The summed E-state index contributed by atoms with van der Waals surface area (Å²) in [4.78, 5) is 43.8. The lowest BCUT2D eigenvalue weighted by atomic mass is 9.89. The number of aromatic nitrogens is 2. The summed E-state index contributed by atoms with van der Waals surface area (Å²) in [5, 5.41) is 5.72. The molecule has 0 radical (unpaired) electrons. The van der Waals surface area contributed by atoms with Gasteiger partial charge < -0.3 is 5.32 Å². The molecule has 4 rings (SSSR count). The minimum absolute atomic E-state index is 0.0275. The Bertz CT molecular complexity index is 1170. The molecular weight excluding hydrogens is 420 g/mol. The standard InChI is InChI=1S/C21H22N4O3S2/c1-12-8-9-14-15(10-12)30-18-17(14)19(27)25(13-6-4-3-5-7-13)21(24-18)29-11-16(26)23-20(28)22-2/h3-7,12H,8-11H2,1-2H3,(H2,22,23,26,28). The summed E-state index contributed by atoms with van der Waals surface area (Å²) in [6.45, 7) is 2.23. The molecule has 7 nitrogen and oxygen atoms in total. The maximum Gasteiger partial charge on any atom is 0.321 e. The summed E-state index contributed by atoms with van der Waals surface area (Å²) >= 11 is 2.73. The number of nitrogens with one attached hydrogen (secondary N) is 2. The second-order valence-corrected chi connectivity index (χ2v) is 9.34. The minimum atomic E-state index is -0.565. The van der Waals surface area contributed by atoms with Crippen molar-refractivity contribution in [2.24, 2.45) is 5.92 Å². The molecule has 1 aromatic carbocycles. The highest BCUT2D eigenvalue weighted by molar-refractivity contribution is 7.99. The van der Waals surface area contributed by atoms with Crippen LogP contribution >= 0.6 is 23.1 Å². The molecule has 1 aliphatic rings. The Balaban J connectivity index is 1.79. The molecule has 0 saturated heterocycles. The number of carbonyl (C=O) groups is 2. The molecule has 1 unspecified atom stereocenters. The third-order valence-electron chi connectivity index (χ3n) is 5.13. The van der Waals surface area contributed by atoms with Crippen molar-refractivity contribution >= 4 is 45.3 Å². The van der Waals surface area contributed by atoms with E-state index in [0.29, 0.717) is 22.1 Å². The van der Waals surface area contributed by atoms with Gasteiger partial charge in [0.15, 0.2) is 5.16 Å². The van der Waals surface area contributed by atoms with Crippen LogP contribution in [0.1, 0.15) is 23.8 Å². The fourth-order valence-corrected chi connectivity index (χ4v) is 5.86. The number of thioether (sulfide) groups is 1. The van der Waals surface area contributed by atoms with Gasteiger partial charge in [-0.3, -0.25) is 19.5 Å². The second-order valence-electron chi connectivity index (χ2n) is 7.32. The molecule has 9 heteroatoms. The third-order valence-corrected chi connectivity index (χ3v) is 7.21. The minimum Gasteiger partial charge on any atom is -0.341 e. The lowest BCUT2D eigenvalue weighted by molar-refractivity contribution is -0.117. The predicted octanol–water partition coefficient (Wildman–Crippen LogP) is 3.12. The van der Waals surface area contributed by atoms with E-state index in [0.717, 1.165) is 41.4 Å². The van der Waals surface area contributed by atoms with Crippen LogP contribution in [0.4, 0.5) is 4.79 Å². The summed E-state index contributed by atoms with van der Waals surface area (Å²) in [5.41, 5.74) is 1.73. The van der Waals surface area contributed by atoms with E-state index in [4.69, 9.17) is 4.98 Å². The molecule has 0 spiro atoms. The van der Waals surface area contributed by atoms with E-state index in [9.17, 15) is 14.4 Å². The quantitative estimate of drug-likeness (QED) is 0.478. The zero-order chi connectivity index (χ0) is 21.3. The van der Waals surface area contributed by atoms with Crippen molar-refractivity contribution in [3.63, 3.8) is 0 Å². The first-order valence-corrected chi connectivity index (χ1v) is 11.5. The number of amides is 3. The van der Waals surface area contributed by atoms with Gasteiger partial charge in [0, 0.05) is 11.9 Å². The van der Waals surface area contributed by atoms with E-state index in [-0.39, 0.29) is 11.3 Å². The number of thiophene rings is 1. The van der Waals surface area contributed by atoms with Crippen LogP contribution in [0.5, 0.6) is 0 Å². The highest BCUT2D eigenvalue weighted by Gasteiger charge is 2.25. The van der Waals surface area contributed by atoms with Crippen molar-refractivity contribution in [3.05, 3.63) is 51.1 Å². The summed E-state index contributed by atoms with van der Waals surface area (Å²) in [7, 11) is 1.44. The highest BCUT2D eigenvalue weighted by Crippen LogP contribution is 2.36. The van der Waals surface area contributed by atoms with Gasteiger partial charge in [-0.2, -0.15) is 0 Å². The molecule has 156 valence electrons. The van der Waals surface area contributed by atoms with E-state index < -0.39 is 11.9 Å². The number of carbonyl (C=O) groups excluding carboxylic acids is 2. The Kier molecular flexibility index (Phi) is 5.92. The summed E-state index contributed by atoms with van der Waals surface area (Å²) in [5.74, 6) is 0.122. The number of rotatable bonds is 4. The van der Waals surface area contributed by atoms with E-state index >= 15 is 0 Å². The van der Waals surface area contributed by atoms with E-state index in [1.807, 2.05) is 30.3 Å². The average molecular weight is 443 g/mol. The molecule has 1 aliphatic carbocycles. The first-order chi connectivity index (χ1) is 14.5. The fourth-order valence-electron chi connectivity index (χ4n) is 3.63. The van der Waals surface area contributed by atoms with Crippen LogP contribution in [0.2, 0.25) is 0 Å². The molecule has 3 amide bonds. The number of para-hydroxylation sites is 1. The Hall–Kier alpha value is -2.65. The number of fused-ring (bicyclic) bond motifs is 3. The van der Waals surface area contributed by atoms with Gasteiger partial charge in [0.25, 0.3) is 5.56 Å². The molecular formula is C21H22N4O3S2. The van der Waals surface area contributed by atoms with Crippen LogP contribution in [0.15, 0.2) is 40.3 Å². The Morgan fingerprint density at radius 2 is 2.07 bits per heavy atom. The van der Waals surface area contributed by atoms with Gasteiger partial charge in [-0.05, 0) is 42.9 Å². The van der Waals surface area contributed by atoms with Crippen molar-refractivity contribution in [1.82, 2.24) is 20.2 Å². The normalized spacial score (nSPS) is 15.6. The SMILES string of the molecule is CNC(=O)NC(=O)CSc1nc2sc3c(c2c(=O)n1-c1ccccc1)CCC(C)C3. The van der Waals surface area contributed by atoms with Crippen molar-refractivity contribution in [2.45, 2.75) is 31.3 Å². The Labute approximate surface area is 181 Å². The first kappa shape index (κ1) is 20.6. The number of hydrogen-bond acceptors (Lipinski definition) is 6. The molecule has 0 bridgehead atoms. The summed E-state index contributed by atoms with van der Waals surface area (Å²) < 4.78 is 1.57. The van der Waals surface area contributed by atoms with Crippen LogP contribution in [-0.2, 0) is 17.6 Å². The molecule has 0 saturated carbocycles. The Morgan fingerprint density at radius 1 is 1.30 bits per heavy atom. The Morgan fingerprint density at radius 3 is 2.80 bits per heavy atom. The van der Waals surface area contributed by atoms with Gasteiger partial charge >= 0.3 is 6.03 Å². The summed E-state index contributed by atoms with van der Waals surface area (Å²) in [6.07, 6.45) is 2.93. The van der Waals surface area contributed by atoms with Crippen molar-refractivity contribution in [3.8, 4) is 5.69 Å². The van der Waals surface area contributed by atoms with Crippen molar-refractivity contribution in [2.75, 3.05) is 12.8 Å². The van der Waals surface area contributed by atoms with Gasteiger partial charge in [0.05, 0.1) is 16.8 Å². The number of aryl methyl sites for hydroxylation is 1. The monoisotopic (exact) mass is 442 g/mol. The fraction of sp³-hybridized carbons (Fsp3) is 0.333. The maximum absolute atomic E-state index is 13.6. The lowest BCUT2D eigenvalue weighted by Gasteiger charge is -2.17. The smallest absolute Gasteiger partial charge is 0.321 e. The van der Waals surface area contributed by atoms with E-state index in [2.05, 4.69) is 17.6 Å². The molecule has 1 atom stereocenters. The number of benzene rings is 1. The van der Waals surface area contributed by atoms with Crippen molar-refractivity contribution < 1.29 is 9.59 Å². The molecule has 2 aromatic heterocycles. The number of urea groups is 1. The van der Waals surface area contributed by atoms with E-state index in [1.165, 1.54) is 11.9 Å². The molecule has 2 heterocycles. The maximum atomic E-state index is 13.6. The topological polar surface area (TPSA) is 93.1 Å². The number of nitrogens with zero attached hydrogens (tertiary/aromatic N) is 2. The van der Waals surface area contributed by atoms with Crippen molar-refractivity contribution in [1.29, 1.82) is 0 Å². The zero-order valence-corrected chi connectivity index (χ0v) is 18.4. The molecule has 30 heavy (non-hydrogen) atoms. The van der Waals surface area contributed by atoms with Gasteiger partial charge in [0.1, 0.15) is 4.83 Å². The summed E-state index contributed by atoms with van der Waals surface area (Å²) in [6, 6.07) is 8.75. The number of hydrogen-bond donors (Lipinski definition) is 2. The zero-order valence-electron chi connectivity index (χ0n) is 16.7. The van der Waals surface area contributed by atoms with E-state index in [1.54, 1.807) is 15.9 Å². The number of imide groups is 1. The average Bonchev–Trinajstić information content (AvgIpc) is 3.10. The highest BCUT2D eigenvalue weighted by atomic mass is 32.2. The van der Waals surface area contributed by atoms with Crippen LogP contribution in [0, 0.1) is 5.92 Å². The van der Waals surface area contributed by atoms with Crippen LogP contribution < -0.4 is 16.2 Å². The molecule has 0 fully saturated rings. The van der Waals surface area contributed by atoms with Gasteiger partial charge in [0.2, 0.25) is 5.91 Å². The molecule has 2 N–H and O–H groups in total. The second kappa shape index (κ2) is 8.61. The predicted molar refractivity (Wildman–Crippen MR) is 120 cm³/mol.